The molecule has 0 aliphatic carbocycles. The lowest BCUT2D eigenvalue weighted by atomic mass is 10.1. The maximum Gasteiger partial charge on any atom is 0.217 e. The maximum absolute atomic E-state index is 9.22. The topological polar surface area (TPSA) is 66.4 Å². The zero-order chi connectivity index (χ0) is 15.1. The molecule has 1 aromatic carbocycles. The normalized spacial score (nSPS) is 11.4. The summed E-state index contributed by atoms with van der Waals surface area (Å²) >= 11 is 0. The van der Waals surface area contributed by atoms with Crippen LogP contribution in [0, 0.1) is 0 Å². The maximum atomic E-state index is 9.22. The number of nitrogens with zero attached hydrogens (tertiary/aromatic N) is 1. The molecular formula is C13H21NO4S. The molecule has 0 unspecified atom stereocenters. The molecule has 1 rings (SSSR count). The molecule has 0 fully saturated rings. The third kappa shape index (κ3) is 9.38. The molecule has 0 spiro atoms. The highest BCUT2D eigenvalue weighted by Crippen LogP contribution is 2.13. The fourth-order valence-corrected chi connectivity index (χ4v) is 1.39. The fourth-order valence-electron chi connectivity index (χ4n) is 1.39. The van der Waals surface area contributed by atoms with Gasteiger partial charge in [-0.25, -0.2) is 8.42 Å². The van der Waals surface area contributed by atoms with Crippen molar-refractivity contribution in [3.63, 3.8) is 0 Å². The summed E-state index contributed by atoms with van der Waals surface area (Å²) in [5, 5.41) is 0. The Hall–Kier alpha value is -1.21. The lowest BCUT2D eigenvalue weighted by Crippen LogP contribution is -2.33. The average Bonchev–Trinajstić information content (AvgIpc) is 2.27. The highest BCUT2D eigenvalue weighted by atomic mass is 32.3. The summed E-state index contributed by atoms with van der Waals surface area (Å²) in [7, 11) is 2.98. The molecule has 0 saturated carbocycles. The van der Waals surface area contributed by atoms with Crippen LogP contribution in [0.5, 0.6) is 0 Å². The standard InChI is InChI=1S/C12H18N.CH4O4S/c1-5-11-8-6-7-9-12(11)10-13(2,3)4;1-5-6(2,3)4/h5-9H,1,10H2,2-4H3;1H3,(H,2,3,4)/q+1;/p-1. The van der Waals surface area contributed by atoms with Crippen LogP contribution in [0.15, 0.2) is 30.8 Å². The Balaban J connectivity index is 0.000000459. The molecule has 0 aromatic heterocycles. The molecule has 0 radical (unpaired) electrons. The lowest BCUT2D eigenvalue weighted by Gasteiger charge is -2.24. The Labute approximate surface area is 115 Å². The van der Waals surface area contributed by atoms with Crippen molar-refractivity contribution in [2.24, 2.45) is 0 Å². The Bertz CT molecular complexity index is 504. The van der Waals surface area contributed by atoms with Gasteiger partial charge in [0, 0.05) is 5.56 Å². The highest BCUT2D eigenvalue weighted by molar-refractivity contribution is 7.80. The Morgan fingerprint density at radius 2 is 1.79 bits per heavy atom. The van der Waals surface area contributed by atoms with Crippen LogP contribution in [0.4, 0.5) is 0 Å². The van der Waals surface area contributed by atoms with E-state index < -0.39 is 10.4 Å². The molecule has 19 heavy (non-hydrogen) atoms. The largest absolute Gasteiger partial charge is 0.726 e. The summed E-state index contributed by atoms with van der Waals surface area (Å²) in [6, 6.07) is 8.41. The second-order valence-electron chi connectivity index (χ2n) is 4.93. The molecule has 6 heteroatoms. The molecule has 0 aliphatic rings. The first kappa shape index (κ1) is 17.8. The van der Waals surface area contributed by atoms with E-state index in [1.54, 1.807) is 0 Å². The van der Waals surface area contributed by atoms with Crippen molar-refractivity contribution in [1.82, 2.24) is 0 Å². The van der Waals surface area contributed by atoms with Crippen LogP contribution in [0.2, 0.25) is 0 Å². The molecule has 0 N–H and O–H groups in total. The molecule has 0 amide bonds. The average molecular weight is 287 g/mol. The monoisotopic (exact) mass is 287 g/mol. The van der Waals surface area contributed by atoms with Crippen LogP contribution < -0.4 is 0 Å². The summed E-state index contributed by atoms with van der Waals surface area (Å²) in [6.07, 6.45) is 1.92. The van der Waals surface area contributed by atoms with Crippen molar-refractivity contribution in [3.05, 3.63) is 42.0 Å². The highest BCUT2D eigenvalue weighted by Gasteiger charge is 2.09. The molecule has 108 valence electrons. The first-order valence-corrected chi connectivity index (χ1v) is 6.94. The molecule has 0 bridgehead atoms. The van der Waals surface area contributed by atoms with E-state index in [1.165, 1.54) is 11.1 Å². The van der Waals surface area contributed by atoms with Gasteiger partial charge in [0.25, 0.3) is 0 Å². The number of quaternary nitrogens is 1. The van der Waals surface area contributed by atoms with E-state index in [9.17, 15) is 13.0 Å². The van der Waals surface area contributed by atoms with Crippen LogP contribution in [0.25, 0.3) is 6.08 Å². The minimum atomic E-state index is -4.41. The Morgan fingerprint density at radius 3 is 2.16 bits per heavy atom. The molecule has 0 heterocycles. The van der Waals surface area contributed by atoms with E-state index in [0.29, 0.717) is 0 Å². The fraction of sp³-hybridized carbons (Fsp3) is 0.385. The zero-order valence-corrected chi connectivity index (χ0v) is 12.6. The predicted molar refractivity (Wildman–Crippen MR) is 75.0 cm³/mol. The molecule has 5 nitrogen and oxygen atoms in total. The van der Waals surface area contributed by atoms with Gasteiger partial charge in [0.1, 0.15) is 6.54 Å². The number of hydrogen-bond donors (Lipinski definition) is 0. The van der Waals surface area contributed by atoms with E-state index in [2.05, 4.69) is 56.2 Å². The van der Waals surface area contributed by atoms with Crippen molar-refractivity contribution < 1.29 is 21.6 Å². The van der Waals surface area contributed by atoms with Gasteiger partial charge in [-0.15, -0.1) is 0 Å². The first-order chi connectivity index (χ1) is 8.59. The van der Waals surface area contributed by atoms with E-state index in [0.717, 1.165) is 18.1 Å². The quantitative estimate of drug-likeness (QED) is 0.479. The smallest absolute Gasteiger partial charge is 0.217 e. The second kappa shape index (κ2) is 7.40. The van der Waals surface area contributed by atoms with Gasteiger partial charge in [0.15, 0.2) is 0 Å². The summed E-state index contributed by atoms with van der Waals surface area (Å²) < 4.78 is 32.0. The molecule has 1 aromatic rings. The van der Waals surface area contributed by atoms with Crippen LogP contribution in [-0.2, 0) is 21.1 Å². The van der Waals surface area contributed by atoms with Gasteiger partial charge < -0.3 is 9.04 Å². The first-order valence-electron chi connectivity index (χ1n) is 5.61. The third-order valence-corrected chi connectivity index (χ3v) is 2.53. The Morgan fingerprint density at radius 1 is 1.32 bits per heavy atom. The van der Waals surface area contributed by atoms with Crippen LogP contribution in [0.1, 0.15) is 11.1 Å². The van der Waals surface area contributed by atoms with Gasteiger partial charge >= 0.3 is 0 Å². The van der Waals surface area contributed by atoms with Gasteiger partial charge in [0.05, 0.1) is 28.3 Å². The van der Waals surface area contributed by atoms with E-state index >= 15 is 0 Å². The van der Waals surface area contributed by atoms with Crippen molar-refractivity contribution in [2.75, 3.05) is 28.3 Å². The van der Waals surface area contributed by atoms with Crippen molar-refractivity contribution in [3.8, 4) is 0 Å². The molecule has 0 aliphatic heterocycles. The zero-order valence-electron chi connectivity index (χ0n) is 11.8. The lowest BCUT2D eigenvalue weighted by molar-refractivity contribution is -0.884. The van der Waals surface area contributed by atoms with Crippen LogP contribution in [-0.4, -0.2) is 45.7 Å². The summed E-state index contributed by atoms with van der Waals surface area (Å²) in [5.74, 6) is 0. The van der Waals surface area contributed by atoms with E-state index in [4.69, 9.17) is 0 Å². The van der Waals surface area contributed by atoms with Gasteiger partial charge in [-0.1, -0.05) is 36.9 Å². The summed E-state index contributed by atoms with van der Waals surface area (Å²) in [5.41, 5.74) is 2.61. The Kier molecular flexibility index (Phi) is 6.93. The predicted octanol–water partition coefficient (Wildman–Crippen LogP) is 1.63. The van der Waals surface area contributed by atoms with Gasteiger partial charge in [-0.3, -0.25) is 4.18 Å². The van der Waals surface area contributed by atoms with E-state index in [-0.39, 0.29) is 0 Å². The van der Waals surface area contributed by atoms with Crippen molar-refractivity contribution >= 4 is 16.5 Å². The minimum Gasteiger partial charge on any atom is -0.726 e. The third-order valence-electron chi connectivity index (χ3n) is 2.12. The van der Waals surface area contributed by atoms with Gasteiger partial charge in [-0.2, -0.15) is 0 Å². The van der Waals surface area contributed by atoms with Crippen LogP contribution >= 0.6 is 0 Å². The van der Waals surface area contributed by atoms with Gasteiger partial charge in [0.2, 0.25) is 10.4 Å². The molecule has 0 atom stereocenters. The van der Waals surface area contributed by atoms with Crippen molar-refractivity contribution in [2.45, 2.75) is 6.54 Å². The van der Waals surface area contributed by atoms with E-state index in [1.807, 2.05) is 6.08 Å². The molecular weight excluding hydrogens is 266 g/mol. The number of hydrogen-bond acceptors (Lipinski definition) is 4. The number of rotatable bonds is 4. The van der Waals surface area contributed by atoms with Gasteiger partial charge in [-0.05, 0) is 5.56 Å². The van der Waals surface area contributed by atoms with Crippen molar-refractivity contribution in [1.29, 1.82) is 0 Å². The summed E-state index contributed by atoms with van der Waals surface area (Å²) in [6.45, 7) is 4.86. The molecule has 0 saturated heterocycles. The SMILES string of the molecule is C=Cc1ccccc1C[N+](C)(C)C.COS(=O)(=O)[O-]. The second-order valence-corrected chi connectivity index (χ2v) is 6.08. The minimum absolute atomic E-state index is 0.808. The summed E-state index contributed by atoms with van der Waals surface area (Å²) in [4.78, 5) is 0. The number of benzene rings is 1. The van der Waals surface area contributed by atoms with Crippen LogP contribution in [0.3, 0.4) is 0 Å².